The third-order valence-corrected chi connectivity index (χ3v) is 4.08. The number of rotatable bonds is 6. The van der Waals surface area contributed by atoms with E-state index in [1.54, 1.807) is 0 Å². The Balaban J connectivity index is 2.36. The highest BCUT2D eigenvalue weighted by atomic mass is 16.2. The van der Waals surface area contributed by atoms with Gasteiger partial charge in [-0.25, -0.2) is 0 Å². The summed E-state index contributed by atoms with van der Waals surface area (Å²) in [6.07, 6.45) is 5.72. The van der Waals surface area contributed by atoms with Gasteiger partial charge in [-0.2, -0.15) is 0 Å². The van der Waals surface area contributed by atoms with Crippen LogP contribution in [0, 0.1) is 11.8 Å². The summed E-state index contributed by atoms with van der Waals surface area (Å²) in [6, 6.07) is 0.193. The van der Waals surface area contributed by atoms with Crippen molar-refractivity contribution in [3.8, 4) is 0 Å². The summed E-state index contributed by atoms with van der Waals surface area (Å²) in [5.74, 6) is 0.815. The molecule has 0 radical (unpaired) electrons. The molecule has 3 N–H and O–H groups in total. The highest BCUT2D eigenvalue weighted by molar-refractivity contribution is 5.79. The zero-order chi connectivity index (χ0) is 13.5. The van der Waals surface area contributed by atoms with Crippen LogP contribution in [0.25, 0.3) is 0 Å². The van der Waals surface area contributed by atoms with Gasteiger partial charge in [0, 0.05) is 32.2 Å². The van der Waals surface area contributed by atoms with Crippen molar-refractivity contribution in [1.82, 2.24) is 4.90 Å². The van der Waals surface area contributed by atoms with E-state index in [2.05, 4.69) is 6.92 Å². The first-order valence-electron chi connectivity index (χ1n) is 7.17. The Morgan fingerprint density at radius 2 is 2.06 bits per heavy atom. The number of carbonyl (C=O) groups excluding carboxylic acids is 1. The lowest BCUT2D eigenvalue weighted by molar-refractivity contribution is -0.137. The first-order chi connectivity index (χ1) is 8.56. The van der Waals surface area contributed by atoms with Gasteiger partial charge in [-0.15, -0.1) is 0 Å². The van der Waals surface area contributed by atoms with Crippen LogP contribution >= 0.6 is 0 Å². The van der Waals surface area contributed by atoms with Gasteiger partial charge in [0.15, 0.2) is 0 Å². The zero-order valence-electron chi connectivity index (χ0n) is 11.8. The molecule has 0 heterocycles. The molecule has 1 amide bonds. The molecule has 0 aromatic carbocycles. The highest BCUT2D eigenvalue weighted by Crippen LogP contribution is 2.30. The van der Waals surface area contributed by atoms with Crippen LogP contribution in [0.1, 0.15) is 45.4 Å². The van der Waals surface area contributed by atoms with Crippen LogP contribution in [0.3, 0.4) is 0 Å². The molecule has 1 aliphatic carbocycles. The number of aliphatic hydroxyl groups is 1. The van der Waals surface area contributed by atoms with Crippen molar-refractivity contribution in [1.29, 1.82) is 0 Å². The van der Waals surface area contributed by atoms with Gasteiger partial charge < -0.3 is 15.7 Å². The van der Waals surface area contributed by atoms with Crippen molar-refractivity contribution >= 4 is 5.91 Å². The summed E-state index contributed by atoms with van der Waals surface area (Å²) >= 11 is 0. The zero-order valence-corrected chi connectivity index (χ0v) is 11.8. The Kier molecular flexibility index (Phi) is 6.65. The maximum Gasteiger partial charge on any atom is 0.225 e. The molecule has 4 heteroatoms. The number of nitrogens with two attached hydrogens (primary N) is 1. The van der Waals surface area contributed by atoms with Crippen LogP contribution in [-0.4, -0.2) is 42.2 Å². The van der Waals surface area contributed by atoms with Gasteiger partial charge in [-0.05, 0) is 44.4 Å². The van der Waals surface area contributed by atoms with Gasteiger partial charge in [-0.3, -0.25) is 4.79 Å². The molecule has 1 aliphatic rings. The Morgan fingerprint density at radius 1 is 1.33 bits per heavy atom. The van der Waals surface area contributed by atoms with Crippen LogP contribution < -0.4 is 5.73 Å². The molecule has 18 heavy (non-hydrogen) atoms. The number of hydrogen-bond donors (Lipinski definition) is 2. The average Bonchev–Trinajstić information content (AvgIpc) is 2.36. The van der Waals surface area contributed by atoms with Gasteiger partial charge in [0.2, 0.25) is 5.91 Å². The van der Waals surface area contributed by atoms with Gasteiger partial charge in [-0.1, -0.05) is 6.92 Å². The molecule has 0 saturated heterocycles. The Hall–Kier alpha value is -0.610. The first kappa shape index (κ1) is 15.4. The summed E-state index contributed by atoms with van der Waals surface area (Å²) in [5, 5.41) is 8.71. The first-order valence-corrected chi connectivity index (χ1v) is 7.17. The van der Waals surface area contributed by atoms with E-state index in [1.165, 1.54) is 0 Å². The molecule has 0 aliphatic heterocycles. The minimum Gasteiger partial charge on any atom is -0.396 e. The second kappa shape index (κ2) is 7.74. The molecule has 3 unspecified atom stereocenters. The minimum atomic E-state index is 0.108. The number of unbranched alkanes of at least 4 members (excludes halogenated alkanes) is 2. The summed E-state index contributed by atoms with van der Waals surface area (Å²) in [4.78, 5) is 14.2. The maximum absolute atomic E-state index is 12.3. The largest absolute Gasteiger partial charge is 0.396 e. The third kappa shape index (κ3) is 4.58. The smallest absolute Gasteiger partial charge is 0.225 e. The predicted molar refractivity (Wildman–Crippen MR) is 73.1 cm³/mol. The molecular formula is C14H28N2O2. The topological polar surface area (TPSA) is 66.6 Å². The molecular weight excluding hydrogens is 228 g/mol. The predicted octanol–water partition coefficient (Wildman–Crippen LogP) is 1.37. The lowest BCUT2D eigenvalue weighted by atomic mass is 9.77. The lowest BCUT2D eigenvalue weighted by Crippen LogP contribution is -2.42. The molecule has 0 bridgehead atoms. The monoisotopic (exact) mass is 256 g/mol. The minimum absolute atomic E-state index is 0.108. The number of nitrogens with zero attached hydrogens (tertiary/aromatic N) is 1. The summed E-state index contributed by atoms with van der Waals surface area (Å²) < 4.78 is 0. The van der Waals surface area contributed by atoms with E-state index < -0.39 is 0 Å². The second-order valence-corrected chi connectivity index (χ2v) is 5.70. The van der Waals surface area contributed by atoms with E-state index in [4.69, 9.17) is 10.8 Å². The van der Waals surface area contributed by atoms with Gasteiger partial charge in [0.1, 0.15) is 0 Å². The van der Waals surface area contributed by atoms with Crippen molar-refractivity contribution in [2.75, 3.05) is 20.2 Å². The third-order valence-electron chi connectivity index (χ3n) is 4.08. The quantitative estimate of drug-likeness (QED) is 0.705. The van der Waals surface area contributed by atoms with Crippen LogP contribution in [0.2, 0.25) is 0 Å². The molecule has 0 aromatic heterocycles. The molecule has 1 fully saturated rings. The summed E-state index contributed by atoms with van der Waals surface area (Å²) in [6.45, 7) is 3.19. The number of amides is 1. The van der Waals surface area contributed by atoms with Crippen molar-refractivity contribution in [2.45, 2.75) is 51.5 Å². The fourth-order valence-electron chi connectivity index (χ4n) is 2.73. The molecule has 3 atom stereocenters. The number of carbonyl (C=O) groups is 1. The normalized spacial score (nSPS) is 28.1. The van der Waals surface area contributed by atoms with E-state index in [-0.39, 0.29) is 24.5 Å². The summed E-state index contributed by atoms with van der Waals surface area (Å²) in [5.41, 5.74) is 5.97. The molecule has 106 valence electrons. The summed E-state index contributed by atoms with van der Waals surface area (Å²) in [7, 11) is 1.88. The van der Waals surface area contributed by atoms with E-state index in [1.807, 2.05) is 11.9 Å². The molecule has 4 nitrogen and oxygen atoms in total. The second-order valence-electron chi connectivity index (χ2n) is 5.70. The van der Waals surface area contributed by atoms with E-state index >= 15 is 0 Å². The highest BCUT2D eigenvalue weighted by Gasteiger charge is 2.32. The molecule has 1 rings (SSSR count). The molecule has 0 spiro atoms. The van der Waals surface area contributed by atoms with Crippen LogP contribution in [0.4, 0.5) is 0 Å². The Morgan fingerprint density at radius 3 is 2.72 bits per heavy atom. The van der Waals surface area contributed by atoms with E-state index in [0.717, 1.165) is 45.1 Å². The van der Waals surface area contributed by atoms with Crippen molar-refractivity contribution in [2.24, 2.45) is 17.6 Å². The Labute approximate surface area is 111 Å². The number of aliphatic hydroxyl groups excluding tert-OH is 1. The lowest BCUT2D eigenvalue weighted by Gasteiger charge is -2.34. The Bertz CT molecular complexity index is 258. The average molecular weight is 256 g/mol. The van der Waals surface area contributed by atoms with Crippen molar-refractivity contribution < 1.29 is 9.90 Å². The van der Waals surface area contributed by atoms with Crippen LogP contribution in [-0.2, 0) is 4.79 Å². The van der Waals surface area contributed by atoms with Gasteiger partial charge in [0.25, 0.3) is 0 Å². The van der Waals surface area contributed by atoms with E-state index in [9.17, 15) is 4.79 Å². The van der Waals surface area contributed by atoms with Crippen LogP contribution in [0.5, 0.6) is 0 Å². The van der Waals surface area contributed by atoms with Crippen molar-refractivity contribution in [3.63, 3.8) is 0 Å². The fraction of sp³-hybridized carbons (Fsp3) is 0.929. The van der Waals surface area contributed by atoms with Crippen molar-refractivity contribution in [3.05, 3.63) is 0 Å². The van der Waals surface area contributed by atoms with Gasteiger partial charge in [0.05, 0.1) is 0 Å². The van der Waals surface area contributed by atoms with Crippen LogP contribution in [0.15, 0.2) is 0 Å². The standard InChI is InChI=1S/C14H28N2O2/c1-11-6-7-12(15)10-13(11)14(18)16(2)8-4-3-5-9-17/h11-13,17H,3-10,15H2,1-2H3. The fourth-order valence-corrected chi connectivity index (χ4v) is 2.73. The molecule has 1 saturated carbocycles. The van der Waals surface area contributed by atoms with Gasteiger partial charge >= 0.3 is 0 Å². The SMILES string of the molecule is CC1CCC(N)CC1C(=O)N(C)CCCCCO. The van der Waals surface area contributed by atoms with E-state index in [0.29, 0.717) is 5.92 Å². The number of hydrogen-bond acceptors (Lipinski definition) is 3. The molecule has 0 aromatic rings. The maximum atomic E-state index is 12.3.